The van der Waals surface area contributed by atoms with E-state index in [0.29, 0.717) is 18.7 Å². The maximum absolute atomic E-state index is 12.6. The van der Waals surface area contributed by atoms with Crippen LogP contribution in [0.1, 0.15) is 28.5 Å². The molecule has 0 unspecified atom stereocenters. The zero-order valence-corrected chi connectivity index (χ0v) is 12.8. The SMILES string of the molecule is CCN1CCN(C(=O)c2c(C)cc(C)n(C)c2=O)CC1. The Bertz CT molecular complexity index is 569. The second kappa shape index (κ2) is 5.79. The second-order valence-corrected chi connectivity index (χ2v) is 5.43. The van der Waals surface area contributed by atoms with Gasteiger partial charge in [-0.15, -0.1) is 0 Å². The van der Waals surface area contributed by atoms with Crippen molar-refractivity contribution < 1.29 is 4.79 Å². The Balaban J connectivity index is 2.27. The van der Waals surface area contributed by atoms with Crippen molar-refractivity contribution >= 4 is 5.91 Å². The van der Waals surface area contributed by atoms with Gasteiger partial charge in [-0.2, -0.15) is 0 Å². The molecule has 110 valence electrons. The number of pyridine rings is 1. The number of carbonyl (C=O) groups is 1. The van der Waals surface area contributed by atoms with Crippen molar-refractivity contribution in [3.63, 3.8) is 0 Å². The van der Waals surface area contributed by atoms with E-state index in [4.69, 9.17) is 0 Å². The molecule has 1 amide bonds. The van der Waals surface area contributed by atoms with Gasteiger partial charge in [-0.3, -0.25) is 9.59 Å². The summed E-state index contributed by atoms with van der Waals surface area (Å²) >= 11 is 0. The number of aromatic nitrogens is 1. The molecule has 20 heavy (non-hydrogen) atoms. The summed E-state index contributed by atoms with van der Waals surface area (Å²) in [5.74, 6) is -0.126. The van der Waals surface area contributed by atoms with Crippen molar-refractivity contribution in [3.05, 3.63) is 33.2 Å². The van der Waals surface area contributed by atoms with Crippen LogP contribution in [0.15, 0.2) is 10.9 Å². The van der Waals surface area contributed by atoms with Gasteiger partial charge in [0.1, 0.15) is 5.56 Å². The van der Waals surface area contributed by atoms with Gasteiger partial charge in [0.15, 0.2) is 0 Å². The topological polar surface area (TPSA) is 45.5 Å². The molecule has 1 aromatic rings. The van der Waals surface area contributed by atoms with Crippen LogP contribution in [0, 0.1) is 13.8 Å². The third-order valence-electron chi connectivity index (χ3n) is 4.19. The molecule has 1 aliphatic heterocycles. The van der Waals surface area contributed by atoms with Crippen molar-refractivity contribution in [1.29, 1.82) is 0 Å². The molecule has 0 N–H and O–H groups in total. The molecule has 2 rings (SSSR count). The van der Waals surface area contributed by atoms with Crippen LogP contribution in [0.5, 0.6) is 0 Å². The zero-order valence-electron chi connectivity index (χ0n) is 12.8. The lowest BCUT2D eigenvalue weighted by atomic mass is 10.1. The Morgan fingerprint density at radius 2 is 1.80 bits per heavy atom. The largest absolute Gasteiger partial charge is 0.336 e. The lowest BCUT2D eigenvalue weighted by Crippen LogP contribution is -2.49. The fraction of sp³-hybridized carbons (Fsp3) is 0.600. The van der Waals surface area contributed by atoms with E-state index in [1.54, 1.807) is 16.5 Å². The third-order valence-corrected chi connectivity index (χ3v) is 4.19. The van der Waals surface area contributed by atoms with E-state index in [9.17, 15) is 9.59 Å². The van der Waals surface area contributed by atoms with Crippen LogP contribution in [0.4, 0.5) is 0 Å². The number of rotatable bonds is 2. The average molecular weight is 277 g/mol. The van der Waals surface area contributed by atoms with E-state index < -0.39 is 0 Å². The normalized spacial score (nSPS) is 16.5. The van der Waals surface area contributed by atoms with Gasteiger partial charge in [-0.25, -0.2) is 0 Å². The highest BCUT2D eigenvalue weighted by Crippen LogP contribution is 2.11. The highest BCUT2D eigenvalue weighted by Gasteiger charge is 2.25. The summed E-state index contributed by atoms with van der Waals surface area (Å²) in [5, 5.41) is 0. The Morgan fingerprint density at radius 3 is 2.35 bits per heavy atom. The van der Waals surface area contributed by atoms with Crippen molar-refractivity contribution in [2.24, 2.45) is 7.05 Å². The molecule has 0 bridgehead atoms. The molecule has 0 aliphatic carbocycles. The van der Waals surface area contributed by atoms with Crippen LogP contribution in [-0.4, -0.2) is 53.0 Å². The average Bonchev–Trinajstić information content (AvgIpc) is 2.45. The molecule has 2 heterocycles. The number of piperazine rings is 1. The summed E-state index contributed by atoms with van der Waals surface area (Å²) < 4.78 is 1.54. The van der Waals surface area contributed by atoms with Gasteiger partial charge >= 0.3 is 0 Å². The highest BCUT2D eigenvalue weighted by atomic mass is 16.2. The van der Waals surface area contributed by atoms with Gasteiger partial charge in [0.2, 0.25) is 0 Å². The standard InChI is InChI=1S/C15H23N3O2/c1-5-17-6-8-18(9-7-17)15(20)13-11(2)10-12(3)16(4)14(13)19/h10H,5-9H2,1-4H3. The Kier molecular flexibility index (Phi) is 4.28. The summed E-state index contributed by atoms with van der Waals surface area (Å²) in [6.45, 7) is 10.0. The first-order valence-electron chi connectivity index (χ1n) is 7.14. The van der Waals surface area contributed by atoms with Gasteiger partial charge in [0, 0.05) is 38.9 Å². The van der Waals surface area contributed by atoms with Crippen LogP contribution in [0.25, 0.3) is 0 Å². The van der Waals surface area contributed by atoms with Gasteiger partial charge in [-0.1, -0.05) is 6.92 Å². The maximum atomic E-state index is 12.6. The molecule has 0 spiro atoms. The number of aryl methyl sites for hydroxylation is 2. The van der Waals surface area contributed by atoms with E-state index in [1.807, 2.05) is 19.9 Å². The number of hydrogen-bond donors (Lipinski definition) is 0. The zero-order chi connectivity index (χ0) is 14.9. The van der Waals surface area contributed by atoms with Gasteiger partial charge in [0.05, 0.1) is 0 Å². The number of hydrogen-bond acceptors (Lipinski definition) is 3. The summed E-state index contributed by atoms with van der Waals surface area (Å²) in [4.78, 5) is 29.0. The molecule has 1 fully saturated rings. The van der Waals surface area contributed by atoms with Crippen LogP contribution in [0.2, 0.25) is 0 Å². The van der Waals surface area contributed by atoms with Crippen LogP contribution in [0.3, 0.4) is 0 Å². The molecule has 1 saturated heterocycles. The van der Waals surface area contributed by atoms with Gasteiger partial charge in [0.25, 0.3) is 11.5 Å². The summed E-state index contributed by atoms with van der Waals surface area (Å²) in [5.41, 5.74) is 1.78. The maximum Gasteiger partial charge on any atom is 0.263 e. The van der Waals surface area contributed by atoms with Crippen molar-refractivity contribution in [1.82, 2.24) is 14.4 Å². The molecular weight excluding hydrogens is 254 g/mol. The quantitative estimate of drug-likeness (QED) is 0.802. The lowest BCUT2D eigenvalue weighted by Gasteiger charge is -2.34. The van der Waals surface area contributed by atoms with E-state index in [1.165, 1.54) is 0 Å². The van der Waals surface area contributed by atoms with Crippen molar-refractivity contribution in [2.75, 3.05) is 32.7 Å². The molecule has 1 aliphatic rings. The summed E-state index contributed by atoms with van der Waals surface area (Å²) in [6.07, 6.45) is 0. The first kappa shape index (κ1) is 14.8. The Labute approximate surface area is 119 Å². The minimum atomic E-state index is -0.189. The molecule has 0 saturated carbocycles. The highest BCUT2D eigenvalue weighted by molar-refractivity contribution is 5.95. The van der Waals surface area contributed by atoms with Crippen molar-refractivity contribution in [3.8, 4) is 0 Å². The number of nitrogens with zero attached hydrogens (tertiary/aromatic N) is 3. The van der Waals surface area contributed by atoms with Gasteiger partial charge < -0.3 is 14.4 Å². The summed E-state index contributed by atoms with van der Waals surface area (Å²) in [6, 6.07) is 1.90. The molecule has 1 aromatic heterocycles. The molecule has 0 radical (unpaired) electrons. The smallest absolute Gasteiger partial charge is 0.263 e. The molecule has 0 aromatic carbocycles. The van der Waals surface area contributed by atoms with Crippen LogP contribution in [-0.2, 0) is 7.05 Å². The van der Waals surface area contributed by atoms with Crippen molar-refractivity contribution in [2.45, 2.75) is 20.8 Å². The fourth-order valence-electron chi connectivity index (χ4n) is 2.66. The van der Waals surface area contributed by atoms with Crippen LogP contribution < -0.4 is 5.56 Å². The first-order chi connectivity index (χ1) is 9.45. The molecule has 0 atom stereocenters. The van der Waals surface area contributed by atoms with E-state index in [-0.39, 0.29) is 11.5 Å². The Hall–Kier alpha value is -1.62. The van der Waals surface area contributed by atoms with E-state index in [2.05, 4.69) is 11.8 Å². The van der Waals surface area contributed by atoms with E-state index in [0.717, 1.165) is 30.9 Å². The molecular formula is C15H23N3O2. The predicted octanol–water partition coefficient (Wildman–Crippen LogP) is 0.780. The Morgan fingerprint density at radius 1 is 1.20 bits per heavy atom. The van der Waals surface area contributed by atoms with Gasteiger partial charge in [-0.05, 0) is 32.0 Å². The number of likely N-dealkylation sites (N-methyl/N-ethyl adjacent to an activating group) is 1. The minimum absolute atomic E-state index is 0.126. The van der Waals surface area contributed by atoms with Crippen LogP contribution >= 0.6 is 0 Å². The monoisotopic (exact) mass is 277 g/mol. The predicted molar refractivity (Wildman–Crippen MR) is 79.2 cm³/mol. The van der Waals surface area contributed by atoms with E-state index >= 15 is 0 Å². The minimum Gasteiger partial charge on any atom is -0.336 e. The molecule has 5 nitrogen and oxygen atoms in total. The number of amides is 1. The summed E-state index contributed by atoms with van der Waals surface area (Å²) in [7, 11) is 1.71. The first-order valence-corrected chi connectivity index (χ1v) is 7.14. The fourth-order valence-corrected chi connectivity index (χ4v) is 2.66. The lowest BCUT2D eigenvalue weighted by molar-refractivity contribution is 0.0640. The third kappa shape index (κ3) is 2.63. The molecule has 5 heteroatoms. The number of carbonyl (C=O) groups excluding carboxylic acids is 1. The second-order valence-electron chi connectivity index (χ2n) is 5.43.